The molecule has 0 N–H and O–H groups in total. The Kier molecular flexibility index (Phi) is 258. The summed E-state index contributed by atoms with van der Waals surface area (Å²) in [5.74, 6) is 0. The average molecular weight is 244 g/mol. The summed E-state index contributed by atoms with van der Waals surface area (Å²) in [6.07, 6.45) is 0. The summed E-state index contributed by atoms with van der Waals surface area (Å²) < 4.78 is 0. The SMILES string of the molecule is [C+4].[N-]=C=S.[N-]=C=S.[N-]=C=S.[N-]=C=S. The van der Waals surface area contributed by atoms with Gasteiger partial charge in [-0.25, -0.2) is 0 Å². The van der Waals surface area contributed by atoms with Gasteiger partial charge in [0.15, 0.2) is 0 Å². The predicted molar refractivity (Wildman–Crippen MR) is 67.1 cm³/mol. The number of isothiocyanates is 4. The van der Waals surface area contributed by atoms with Gasteiger partial charge in [0.2, 0.25) is 0 Å². The van der Waals surface area contributed by atoms with Crippen molar-refractivity contribution in [3.8, 4) is 0 Å². The molecule has 0 aromatic carbocycles. The first-order valence-electron chi connectivity index (χ1n) is 1.71. The molecule has 64 valence electrons. The summed E-state index contributed by atoms with van der Waals surface area (Å²) in [5.41, 5.74) is 0. The van der Waals surface area contributed by atoms with Crippen LogP contribution in [0.15, 0.2) is 0 Å². The zero-order valence-electron chi connectivity index (χ0n) is 5.92. The number of hydrogen-bond acceptors (Lipinski definition) is 4. The van der Waals surface area contributed by atoms with Crippen molar-refractivity contribution >= 4 is 69.5 Å². The molecule has 0 saturated carbocycles. The molecule has 0 amide bonds. The van der Waals surface area contributed by atoms with Crippen LogP contribution in [0.1, 0.15) is 0 Å². The molecule has 0 rings (SSSR count). The van der Waals surface area contributed by atoms with Crippen LogP contribution in [0.3, 0.4) is 0 Å². The van der Waals surface area contributed by atoms with Gasteiger partial charge in [-0.3, -0.25) is 0 Å². The molecule has 0 aliphatic heterocycles. The van der Waals surface area contributed by atoms with Gasteiger partial charge >= 0.3 is 7.43 Å². The van der Waals surface area contributed by atoms with E-state index in [4.69, 9.17) is 21.6 Å². The van der Waals surface area contributed by atoms with Crippen LogP contribution in [0.25, 0.3) is 21.6 Å². The fourth-order valence-electron chi connectivity index (χ4n) is 0. The molecule has 13 heavy (non-hydrogen) atoms. The summed E-state index contributed by atoms with van der Waals surface area (Å²) >= 11 is 14.8. The first kappa shape index (κ1) is 29.5. The fourth-order valence-corrected chi connectivity index (χ4v) is 0. The van der Waals surface area contributed by atoms with Gasteiger partial charge in [-0.15, -0.1) is 0 Å². The number of thiocarbonyl (C=S) groups is 4. The third-order valence-electron chi connectivity index (χ3n) is 0. The van der Waals surface area contributed by atoms with E-state index in [0.717, 1.165) is 0 Å². The molecule has 0 aromatic rings. The van der Waals surface area contributed by atoms with Crippen LogP contribution in [-0.4, -0.2) is 20.6 Å². The van der Waals surface area contributed by atoms with E-state index in [-0.39, 0.29) is 7.43 Å². The Balaban J connectivity index is -0.0000000213. The van der Waals surface area contributed by atoms with Gasteiger partial charge < -0.3 is 21.6 Å². The van der Waals surface area contributed by atoms with E-state index < -0.39 is 0 Å². The number of hydrogen-bond donors (Lipinski definition) is 0. The van der Waals surface area contributed by atoms with E-state index in [1.54, 1.807) is 0 Å². The third kappa shape index (κ3) is 1480. The van der Waals surface area contributed by atoms with E-state index in [1.165, 1.54) is 20.6 Å². The third-order valence-corrected chi connectivity index (χ3v) is 0. The molecule has 0 bridgehead atoms. The Morgan fingerprint density at radius 2 is 0.538 bits per heavy atom. The second-order valence-corrected chi connectivity index (χ2v) is 1.10. The molecular weight excluding hydrogens is 244 g/mol. The summed E-state index contributed by atoms with van der Waals surface area (Å²) in [6, 6.07) is 0. The van der Waals surface area contributed by atoms with E-state index in [9.17, 15) is 0 Å². The van der Waals surface area contributed by atoms with Crippen LogP contribution >= 0.6 is 48.9 Å². The van der Waals surface area contributed by atoms with Crippen molar-refractivity contribution in [3.63, 3.8) is 0 Å². The van der Waals surface area contributed by atoms with Gasteiger partial charge in [-0.2, -0.15) is 20.6 Å². The van der Waals surface area contributed by atoms with Crippen LogP contribution in [0, 0.1) is 7.43 Å². The van der Waals surface area contributed by atoms with Crippen molar-refractivity contribution in [2.24, 2.45) is 0 Å². The Bertz CT molecular complexity index is 153. The monoisotopic (exact) mass is 244 g/mol. The first-order chi connectivity index (χ1) is 5.66. The zero-order valence-corrected chi connectivity index (χ0v) is 9.19. The number of nitrogens with zero attached hydrogens (tertiary/aromatic N) is 4. The van der Waals surface area contributed by atoms with Crippen LogP contribution in [-0.2, 0) is 0 Å². The van der Waals surface area contributed by atoms with Crippen molar-refractivity contribution in [2.45, 2.75) is 0 Å². The molecule has 0 aliphatic carbocycles. The molecule has 0 fully saturated rings. The summed E-state index contributed by atoms with van der Waals surface area (Å²) in [7, 11) is 0. The van der Waals surface area contributed by atoms with E-state index in [1.807, 2.05) is 0 Å². The molecule has 0 radical (unpaired) electrons. The van der Waals surface area contributed by atoms with Crippen LogP contribution < -0.4 is 0 Å². The number of rotatable bonds is 0. The molecule has 0 atom stereocenters. The van der Waals surface area contributed by atoms with Gasteiger partial charge in [0.25, 0.3) is 0 Å². The maximum absolute atomic E-state index is 7.13. The van der Waals surface area contributed by atoms with Gasteiger partial charge in [0, 0.05) is 0 Å². The fraction of sp³-hybridized carbons (Fsp3) is 0. The molecule has 0 saturated heterocycles. The standard InChI is InChI=1S/4CNS.C/c4*2-1-3;/q4*-1;+4. The predicted octanol–water partition coefficient (Wildman–Crippen LogP) is 2.72. The van der Waals surface area contributed by atoms with Gasteiger partial charge in [0.05, 0.1) is 0 Å². The molecule has 0 aliphatic rings. The van der Waals surface area contributed by atoms with Crippen molar-refractivity contribution in [3.05, 3.63) is 29.1 Å². The van der Waals surface area contributed by atoms with E-state index in [2.05, 4.69) is 48.9 Å². The van der Waals surface area contributed by atoms with Crippen molar-refractivity contribution in [1.29, 1.82) is 0 Å². The van der Waals surface area contributed by atoms with E-state index >= 15 is 0 Å². The molecule has 4 nitrogen and oxygen atoms in total. The van der Waals surface area contributed by atoms with Crippen LogP contribution in [0.5, 0.6) is 0 Å². The Morgan fingerprint density at radius 3 is 0.538 bits per heavy atom. The van der Waals surface area contributed by atoms with Gasteiger partial charge in [-0.1, -0.05) is 48.9 Å². The summed E-state index contributed by atoms with van der Waals surface area (Å²) in [6.45, 7) is 0. The molecule has 0 unspecified atom stereocenters. The summed E-state index contributed by atoms with van der Waals surface area (Å²) in [5, 5.41) is 33.9. The molecular formula is C5N4S4. The zero-order chi connectivity index (χ0) is 10.8. The molecule has 8 heteroatoms. The Labute approximate surface area is 98.4 Å². The quantitative estimate of drug-likeness (QED) is 0.484. The Morgan fingerprint density at radius 1 is 0.538 bits per heavy atom. The first-order valence-corrected chi connectivity index (χ1v) is 3.34. The topological polar surface area (TPSA) is 89.2 Å². The Hall–Kier alpha value is -0.800. The smallest absolute Gasteiger partial charge is 0.753 e. The second kappa shape index (κ2) is 114. The molecule has 0 heterocycles. The van der Waals surface area contributed by atoms with Crippen molar-refractivity contribution in [2.75, 3.05) is 0 Å². The second-order valence-electron chi connectivity index (χ2n) is 0.365. The van der Waals surface area contributed by atoms with Gasteiger partial charge in [-0.05, 0) is 0 Å². The minimum atomic E-state index is 0. The minimum absolute atomic E-state index is 0. The van der Waals surface area contributed by atoms with Crippen LogP contribution in [0.4, 0.5) is 0 Å². The summed E-state index contributed by atoms with van der Waals surface area (Å²) in [4.78, 5) is 0. The maximum Gasteiger partial charge on any atom is 4.00 e. The molecule has 0 spiro atoms. The van der Waals surface area contributed by atoms with Gasteiger partial charge in [0.1, 0.15) is 0 Å². The maximum atomic E-state index is 7.13. The largest absolute Gasteiger partial charge is 4.00 e. The average Bonchev–Trinajstić information content (AvgIpc) is 1.92. The minimum Gasteiger partial charge on any atom is -0.753 e. The van der Waals surface area contributed by atoms with E-state index in [0.29, 0.717) is 0 Å². The normalized spacial score (nSPS) is 2.46. The van der Waals surface area contributed by atoms with Crippen LogP contribution in [0.2, 0.25) is 0 Å². The molecule has 0 aromatic heterocycles. The van der Waals surface area contributed by atoms with Crippen molar-refractivity contribution in [1.82, 2.24) is 0 Å². The van der Waals surface area contributed by atoms with Crippen molar-refractivity contribution < 1.29 is 0 Å².